The number of nitrogens with one attached hydrogen (secondary N) is 1. The fraction of sp³-hybridized carbons (Fsp3) is 0.240. The van der Waals surface area contributed by atoms with E-state index in [9.17, 15) is 10.1 Å². The predicted octanol–water partition coefficient (Wildman–Crippen LogP) is 5.89. The Hall–Kier alpha value is -3.87. The number of nitro benzene ring substituents is 1. The fourth-order valence-corrected chi connectivity index (χ4v) is 2.97. The van der Waals surface area contributed by atoms with Crippen molar-refractivity contribution in [3.05, 3.63) is 94.0 Å². The third-order valence-corrected chi connectivity index (χ3v) is 4.81. The standard InChI is InChI=1S/C25H27N3O4/c1-18(2)15-16-32-23-13-7-19(8-14-23)25(20-5-4-6-24(17-20)31-3)27-26-21-9-11-22(12-10-21)28(29)30/h4-14,17-18,26H,15-16H2,1-3H3. The third-order valence-electron chi connectivity index (χ3n) is 4.81. The van der Waals surface area contributed by atoms with Crippen molar-refractivity contribution in [2.45, 2.75) is 20.3 Å². The summed E-state index contributed by atoms with van der Waals surface area (Å²) < 4.78 is 11.2. The van der Waals surface area contributed by atoms with Gasteiger partial charge in [0.05, 0.1) is 30.0 Å². The Balaban J connectivity index is 1.86. The monoisotopic (exact) mass is 433 g/mol. The summed E-state index contributed by atoms with van der Waals surface area (Å²) in [5.41, 5.74) is 6.14. The van der Waals surface area contributed by atoms with Crippen molar-refractivity contribution in [3.8, 4) is 11.5 Å². The van der Waals surface area contributed by atoms with Crippen LogP contribution in [0, 0.1) is 16.0 Å². The molecule has 0 atom stereocenters. The van der Waals surface area contributed by atoms with Crippen molar-refractivity contribution in [3.63, 3.8) is 0 Å². The number of nitrogens with zero attached hydrogens (tertiary/aromatic N) is 2. The lowest BCUT2D eigenvalue weighted by molar-refractivity contribution is -0.384. The molecule has 0 aromatic heterocycles. The molecular formula is C25H27N3O4. The molecule has 1 N–H and O–H groups in total. The van der Waals surface area contributed by atoms with Crippen LogP contribution in [-0.4, -0.2) is 24.4 Å². The van der Waals surface area contributed by atoms with Crippen molar-refractivity contribution >= 4 is 17.1 Å². The average Bonchev–Trinajstić information content (AvgIpc) is 2.80. The Morgan fingerprint density at radius 3 is 2.34 bits per heavy atom. The number of anilines is 1. The normalized spacial score (nSPS) is 11.3. The molecule has 0 fully saturated rings. The maximum absolute atomic E-state index is 10.9. The first-order chi connectivity index (χ1) is 15.5. The van der Waals surface area contributed by atoms with Crippen LogP contribution >= 0.6 is 0 Å². The van der Waals surface area contributed by atoms with Crippen LogP contribution in [0.4, 0.5) is 11.4 Å². The van der Waals surface area contributed by atoms with E-state index in [2.05, 4.69) is 24.4 Å². The van der Waals surface area contributed by atoms with Gasteiger partial charge in [0, 0.05) is 23.3 Å². The minimum absolute atomic E-state index is 0.0283. The minimum atomic E-state index is -0.431. The highest BCUT2D eigenvalue weighted by atomic mass is 16.6. The molecule has 0 radical (unpaired) electrons. The number of hydrogen-bond donors (Lipinski definition) is 1. The van der Waals surface area contributed by atoms with Crippen molar-refractivity contribution < 1.29 is 14.4 Å². The van der Waals surface area contributed by atoms with Gasteiger partial charge in [-0.05, 0) is 60.9 Å². The summed E-state index contributed by atoms with van der Waals surface area (Å²) in [4.78, 5) is 10.4. The van der Waals surface area contributed by atoms with Gasteiger partial charge in [0.1, 0.15) is 11.5 Å². The van der Waals surface area contributed by atoms with Gasteiger partial charge >= 0.3 is 0 Å². The number of hydrazone groups is 1. The van der Waals surface area contributed by atoms with Crippen molar-refractivity contribution in [2.75, 3.05) is 19.1 Å². The second-order valence-corrected chi connectivity index (χ2v) is 7.66. The van der Waals surface area contributed by atoms with Gasteiger partial charge in [-0.2, -0.15) is 5.10 Å². The van der Waals surface area contributed by atoms with Gasteiger partial charge in [0.25, 0.3) is 5.69 Å². The van der Waals surface area contributed by atoms with Gasteiger partial charge in [-0.1, -0.05) is 26.0 Å². The van der Waals surface area contributed by atoms with Crippen LogP contribution in [0.2, 0.25) is 0 Å². The molecule has 0 saturated carbocycles. The molecule has 7 nitrogen and oxygen atoms in total. The second-order valence-electron chi connectivity index (χ2n) is 7.66. The molecule has 0 aliphatic heterocycles. The van der Waals surface area contributed by atoms with Gasteiger partial charge in [-0.3, -0.25) is 15.5 Å². The first-order valence-electron chi connectivity index (χ1n) is 10.4. The van der Waals surface area contributed by atoms with Gasteiger partial charge in [0.2, 0.25) is 0 Å². The Kier molecular flexibility index (Phi) is 7.80. The molecule has 0 saturated heterocycles. The highest BCUT2D eigenvalue weighted by molar-refractivity contribution is 6.13. The van der Waals surface area contributed by atoms with E-state index >= 15 is 0 Å². The van der Waals surface area contributed by atoms with E-state index in [1.54, 1.807) is 19.2 Å². The summed E-state index contributed by atoms with van der Waals surface area (Å²) in [5, 5.41) is 15.5. The highest BCUT2D eigenvalue weighted by Crippen LogP contribution is 2.21. The van der Waals surface area contributed by atoms with Gasteiger partial charge in [-0.15, -0.1) is 0 Å². The molecular weight excluding hydrogens is 406 g/mol. The number of benzene rings is 3. The highest BCUT2D eigenvalue weighted by Gasteiger charge is 2.10. The molecule has 0 bridgehead atoms. The molecule has 32 heavy (non-hydrogen) atoms. The first-order valence-corrected chi connectivity index (χ1v) is 10.4. The molecule has 0 heterocycles. The SMILES string of the molecule is COc1cccc(C(=NNc2ccc([N+](=O)[O-])cc2)c2ccc(OCCC(C)C)cc2)c1. The van der Waals surface area contributed by atoms with Crippen LogP contribution in [0.1, 0.15) is 31.4 Å². The first kappa shape index (κ1) is 22.8. The quantitative estimate of drug-likeness (QED) is 0.245. The Morgan fingerprint density at radius 2 is 1.72 bits per heavy atom. The zero-order valence-corrected chi connectivity index (χ0v) is 18.4. The van der Waals surface area contributed by atoms with Crippen LogP contribution in [0.25, 0.3) is 0 Å². The zero-order valence-electron chi connectivity index (χ0n) is 18.4. The van der Waals surface area contributed by atoms with E-state index in [0.29, 0.717) is 23.9 Å². The summed E-state index contributed by atoms with van der Waals surface area (Å²) >= 11 is 0. The predicted molar refractivity (Wildman–Crippen MR) is 127 cm³/mol. The summed E-state index contributed by atoms with van der Waals surface area (Å²) in [5.74, 6) is 2.12. The number of non-ortho nitro benzene ring substituents is 1. The molecule has 3 rings (SSSR count). The maximum Gasteiger partial charge on any atom is 0.269 e. The summed E-state index contributed by atoms with van der Waals surface area (Å²) in [6.07, 6.45) is 0.997. The van der Waals surface area contributed by atoms with E-state index in [-0.39, 0.29) is 5.69 Å². The minimum Gasteiger partial charge on any atom is -0.497 e. The Morgan fingerprint density at radius 1 is 1.00 bits per heavy atom. The summed E-state index contributed by atoms with van der Waals surface area (Å²) in [6, 6.07) is 21.5. The van der Waals surface area contributed by atoms with Crippen LogP contribution in [0.5, 0.6) is 11.5 Å². The van der Waals surface area contributed by atoms with E-state index in [1.807, 2.05) is 48.5 Å². The number of methoxy groups -OCH3 is 1. The van der Waals surface area contributed by atoms with Crippen molar-refractivity contribution in [1.82, 2.24) is 0 Å². The lowest BCUT2D eigenvalue weighted by Gasteiger charge is -2.12. The van der Waals surface area contributed by atoms with Crippen LogP contribution in [-0.2, 0) is 0 Å². The lowest BCUT2D eigenvalue weighted by atomic mass is 10.0. The Bertz CT molecular complexity index is 1060. The van der Waals surface area contributed by atoms with Crippen LogP contribution < -0.4 is 14.9 Å². The van der Waals surface area contributed by atoms with Crippen molar-refractivity contribution in [1.29, 1.82) is 0 Å². The number of hydrogen-bond acceptors (Lipinski definition) is 6. The molecule has 0 unspecified atom stereocenters. The zero-order chi connectivity index (χ0) is 22.9. The summed E-state index contributed by atoms with van der Waals surface area (Å²) in [7, 11) is 1.62. The molecule has 0 spiro atoms. The number of nitro groups is 1. The number of ether oxygens (including phenoxy) is 2. The largest absolute Gasteiger partial charge is 0.497 e. The van der Waals surface area contributed by atoms with Gasteiger partial charge in [0.15, 0.2) is 0 Å². The van der Waals surface area contributed by atoms with E-state index in [4.69, 9.17) is 9.47 Å². The van der Waals surface area contributed by atoms with Crippen LogP contribution in [0.3, 0.4) is 0 Å². The molecule has 0 aliphatic rings. The van der Waals surface area contributed by atoms with Gasteiger partial charge < -0.3 is 9.47 Å². The van der Waals surface area contributed by atoms with Crippen molar-refractivity contribution in [2.24, 2.45) is 11.0 Å². The van der Waals surface area contributed by atoms with Crippen LogP contribution in [0.15, 0.2) is 77.9 Å². The smallest absolute Gasteiger partial charge is 0.269 e. The molecule has 7 heteroatoms. The molecule has 3 aromatic carbocycles. The number of rotatable bonds is 10. The molecule has 166 valence electrons. The third kappa shape index (κ3) is 6.31. The lowest BCUT2D eigenvalue weighted by Crippen LogP contribution is -2.07. The maximum atomic E-state index is 10.9. The fourth-order valence-electron chi connectivity index (χ4n) is 2.97. The van der Waals surface area contributed by atoms with E-state index in [1.165, 1.54) is 12.1 Å². The summed E-state index contributed by atoms with van der Waals surface area (Å²) in [6.45, 7) is 5.01. The van der Waals surface area contributed by atoms with Gasteiger partial charge in [-0.25, -0.2) is 0 Å². The molecule has 3 aromatic rings. The molecule has 0 amide bonds. The second kappa shape index (κ2) is 10.9. The molecule has 0 aliphatic carbocycles. The Labute approximate surface area is 187 Å². The van der Waals surface area contributed by atoms with E-state index in [0.717, 1.165) is 29.0 Å². The average molecular weight is 434 g/mol. The topological polar surface area (TPSA) is 86.0 Å². The van der Waals surface area contributed by atoms with E-state index < -0.39 is 4.92 Å².